The van der Waals surface area contributed by atoms with Crippen LogP contribution < -0.4 is 10.6 Å². The summed E-state index contributed by atoms with van der Waals surface area (Å²) in [5, 5.41) is 5.67. The summed E-state index contributed by atoms with van der Waals surface area (Å²) >= 11 is 0. The first-order chi connectivity index (χ1) is 6.69. The highest BCUT2D eigenvalue weighted by Crippen LogP contribution is 2.21. The standard InChI is InChI=1S/C8H13N3O3/c1-14-3-2-11-6(12)8(4-9-5-8)10-7(11)13/h9H,2-5H2,1H3,(H,10,13). The van der Waals surface area contributed by atoms with Crippen molar-refractivity contribution in [1.29, 1.82) is 0 Å². The molecule has 2 rings (SSSR count). The number of nitrogens with zero attached hydrogens (tertiary/aromatic N) is 1. The van der Waals surface area contributed by atoms with Gasteiger partial charge in [-0.25, -0.2) is 4.79 Å². The normalized spacial score (nSPS) is 23.9. The molecule has 6 heteroatoms. The highest BCUT2D eigenvalue weighted by Gasteiger charge is 2.54. The van der Waals surface area contributed by atoms with Crippen molar-refractivity contribution in [3.05, 3.63) is 0 Å². The third-order valence-corrected chi connectivity index (χ3v) is 2.62. The zero-order chi connectivity index (χ0) is 10.2. The first-order valence-electron chi connectivity index (χ1n) is 4.53. The monoisotopic (exact) mass is 199 g/mol. The van der Waals surface area contributed by atoms with E-state index < -0.39 is 5.54 Å². The van der Waals surface area contributed by atoms with Crippen LogP contribution in [0.25, 0.3) is 0 Å². The van der Waals surface area contributed by atoms with Gasteiger partial charge in [-0.3, -0.25) is 9.69 Å². The van der Waals surface area contributed by atoms with Gasteiger partial charge in [-0.1, -0.05) is 0 Å². The smallest absolute Gasteiger partial charge is 0.325 e. The largest absolute Gasteiger partial charge is 0.383 e. The van der Waals surface area contributed by atoms with Crippen LogP contribution in [-0.4, -0.2) is 55.7 Å². The fourth-order valence-corrected chi connectivity index (χ4v) is 1.68. The van der Waals surface area contributed by atoms with Crippen molar-refractivity contribution in [2.75, 3.05) is 33.4 Å². The summed E-state index contributed by atoms with van der Waals surface area (Å²) in [5.74, 6) is -0.140. The molecule has 2 aliphatic heterocycles. The van der Waals surface area contributed by atoms with Crippen molar-refractivity contribution in [2.45, 2.75) is 5.54 Å². The maximum atomic E-state index is 11.8. The van der Waals surface area contributed by atoms with E-state index in [1.165, 1.54) is 4.90 Å². The lowest BCUT2D eigenvalue weighted by atomic mass is 9.93. The number of methoxy groups -OCH3 is 1. The van der Waals surface area contributed by atoms with Gasteiger partial charge in [-0.15, -0.1) is 0 Å². The molecule has 2 fully saturated rings. The second kappa shape index (κ2) is 3.21. The van der Waals surface area contributed by atoms with Gasteiger partial charge in [0.25, 0.3) is 5.91 Å². The van der Waals surface area contributed by atoms with E-state index in [0.29, 0.717) is 26.2 Å². The molecule has 0 radical (unpaired) electrons. The van der Waals surface area contributed by atoms with Gasteiger partial charge >= 0.3 is 6.03 Å². The van der Waals surface area contributed by atoms with Gasteiger partial charge in [-0.2, -0.15) is 0 Å². The van der Waals surface area contributed by atoms with E-state index in [1.807, 2.05) is 0 Å². The fraction of sp³-hybridized carbons (Fsp3) is 0.750. The van der Waals surface area contributed by atoms with Crippen molar-refractivity contribution in [2.24, 2.45) is 0 Å². The van der Waals surface area contributed by atoms with Crippen LogP contribution in [0.2, 0.25) is 0 Å². The van der Waals surface area contributed by atoms with Gasteiger partial charge in [0.15, 0.2) is 0 Å². The van der Waals surface area contributed by atoms with Gasteiger partial charge < -0.3 is 15.4 Å². The lowest BCUT2D eigenvalue weighted by molar-refractivity contribution is -0.133. The lowest BCUT2D eigenvalue weighted by Crippen LogP contribution is -2.69. The van der Waals surface area contributed by atoms with Gasteiger partial charge in [0.05, 0.1) is 13.2 Å². The van der Waals surface area contributed by atoms with Crippen molar-refractivity contribution in [3.8, 4) is 0 Å². The molecule has 2 heterocycles. The molecule has 3 amide bonds. The molecule has 0 atom stereocenters. The third kappa shape index (κ3) is 1.18. The number of carbonyl (C=O) groups excluding carboxylic acids is 2. The molecule has 2 saturated heterocycles. The Balaban J connectivity index is 2.04. The molecular formula is C8H13N3O3. The van der Waals surface area contributed by atoms with Crippen LogP contribution in [0.3, 0.4) is 0 Å². The van der Waals surface area contributed by atoms with E-state index in [-0.39, 0.29) is 11.9 Å². The number of ether oxygens (including phenoxy) is 1. The minimum absolute atomic E-state index is 0.140. The van der Waals surface area contributed by atoms with Crippen LogP contribution in [0.5, 0.6) is 0 Å². The third-order valence-electron chi connectivity index (χ3n) is 2.62. The van der Waals surface area contributed by atoms with Crippen LogP contribution in [0.15, 0.2) is 0 Å². The minimum atomic E-state index is -0.662. The van der Waals surface area contributed by atoms with Gasteiger partial charge in [0.2, 0.25) is 0 Å². The molecular weight excluding hydrogens is 186 g/mol. The highest BCUT2D eigenvalue weighted by molar-refractivity contribution is 6.08. The van der Waals surface area contributed by atoms with Gasteiger partial charge in [0.1, 0.15) is 5.54 Å². The Morgan fingerprint density at radius 1 is 1.50 bits per heavy atom. The predicted octanol–water partition coefficient (Wildman–Crippen LogP) is -1.47. The highest BCUT2D eigenvalue weighted by atomic mass is 16.5. The first kappa shape index (κ1) is 9.42. The van der Waals surface area contributed by atoms with E-state index in [0.717, 1.165) is 0 Å². The second-order valence-electron chi connectivity index (χ2n) is 3.57. The number of urea groups is 1. The Morgan fingerprint density at radius 2 is 2.21 bits per heavy atom. The molecule has 2 N–H and O–H groups in total. The average molecular weight is 199 g/mol. The maximum Gasteiger partial charge on any atom is 0.325 e. The molecule has 1 spiro atoms. The summed E-state index contributed by atoms with van der Waals surface area (Å²) in [5.41, 5.74) is -0.662. The van der Waals surface area contributed by atoms with Crippen LogP contribution in [0.1, 0.15) is 0 Å². The fourth-order valence-electron chi connectivity index (χ4n) is 1.68. The molecule has 2 aliphatic rings. The number of imide groups is 1. The molecule has 0 aromatic rings. The summed E-state index contributed by atoms with van der Waals surface area (Å²) in [6.45, 7) is 1.76. The topological polar surface area (TPSA) is 70.7 Å². The van der Waals surface area contributed by atoms with Crippen molar-refractivity contribution in [3.63, 3.8) is 0 Å². The molecule has 0 unspecified atom stereocenters. The Hall–Kier alpha value is -1.14. The SMILES string of the molecule is COCCN1C(=O)NC2(CNC2)C1=O. The minimum Gasteiger partial charge on any atom is -0.383 e. The number of nitrogens with one attached hydrogen (secondary N) is 2. The summed E-state index contributed by atoms with van der Waals surface area (Å²) in [6.07, 6.45) is 0. The number of hydrogen-bond donors (Lipinski definition) is 2. The van der Waals surface area contributed by atoms with E-state index in [2.05, 4.69) is 10.6 Å². The number of rotatable bonds is 3. The summed E-state index contributed by atoms with van der Waals surface area (Å²) in [4.78, 5) is 24.4. The lowest BCUT2D eigenvalue weighted by Gasteiger charge is -2.36. The van der Waals surface area contributed by atoms with E-state index in [1.54, 1.807) is 7.11 Å². The molecule has 0 aromatic carbocycles. The zero-order valence-corrected chi connectivity index (χ0v) is 8.00. The van der Waals surface area contributed by atoms with Gasteiger partial charge in [0, 0.05) is 20.2 Å². The summed E-state index contributed by atoms with van der Waals surface area (Å²) in [7, 11) is 1.54. The van der Waals surface area contributed by atoms with E-state index in [9.17, 15) is 9.59 Å². The molecule has 0 aromatic heterocycles. The summed E-state index contributed by atoms with van der Waals surface area (Å²) < 4.78 is 4.83. The molecule has 14 heavy (non-hydrogen) atoms. The quantitative estimate of drug-likeness (QED) is 0.544. The molecule has 0 bridgehead atoms. The number of hydrogen-bond acceptors (Lipinski definition) is 4. The van der Waals surface area contributed by atoms with E-state index in [4.69, 9.17) is 4.74 Å². The molecule has 78 valence electrons. The van der Waals surface area contributed by atoms with Crippen LogP contribution >= 0.6 is 0 Å². The first-order valence-corrected chi connectivity index (χ1v) is 4.53. The van der Waals surface area contributed by atoms with Crippen LogP contribution in [0, 0.1) is 0 Å². The Bertz CT molecular complexity index is 275. The molecule has 0 aliphatic carbocycles. The van der Waals surface area contributed by atoms with Crippen LogP contribution in [-0.2, 0) is 9.53 Å². The van der Waals surface area contributed by atoms with Crippen molar-refractivity contribution < 1.29 is 14.3 Å². The maximum absolute atomic E-state index is 11.8. The van der Waals surface area contributed by atoms with Crippen LogP contribution in [0.4, 0.5) is 4.79 Å². The Kier molecular flexibility index (Phi) is 2.16. The second-order valence-corrected chi connectivity index (χ2v) is 3.57. The van der Waals surface area contributed by atoms with E-state index >= 15 is 0 Å². The Morgan fingerprint density at radius 3 is 2.64 bits per heavy atom. The average Bonchev–Trinajstić information content (AvgIpc) is 2.35. The molecule has 6 nitrogen and oxygen atoms in total. The number of carbonyl (C=O) groups is 2. The van der Waals surface area contributed by atoms with Crippen molar-refractivity contribution >= 4 is 11.9 Å². The molecule has 0 saturated carbocycles. The van der Waals surface area contributed by atoms with Gasteiger partial charge in [-0.05, 0) is 0 Å². The Labute approximate surface area is 81.6 Å². The number of amides is 3. The zero-order valence-electron chi connectivity index (χ0n) is 8.00. The predicted molar refractivity (Wildman–Crippen MR) is 47.7 cm³/mol. The van der Waals surface area contributed by atoms with Crippen molar-refractivity contribution in [1.82, 2.24) is 15.5 Å². The summed E-state index contributed by atoms with van der Waals surface area (Å²) in [6, 6.07) is -0.312.